The van der Waals surface area contributed by atoms with Crippen molar-refractivity contribution in [2.24, 2.45) is 5.92 Å². The van der Waals surface area contributed by atoms with Gasteiger partial charge < -0.3 is 10.2 Å². The molecule has 0 bridgehead atoms. The number of carbonyl (C=O) groups is 1. The lowest BCUT2D eigenvalue weighted by Gasteiger charge is -2.30. The van der Waals surface area contributed by atoms with Crippen molar-refractivity contribution in [3.63, 3.8) is 0 Å². The number of hydrogen-bond donors (Lipinski definition) is 1. The van der Waals surface area contributed by atoms with E-state index < -0.39 is 0 Å². The van der Waals surface area contributed by atoms with Gasteiger partial charge in [0.25, 0.3) is 0 Å². The maximum absolute atomic E-state index is 12.7. The van der Waals surface area contributed by atoms with Crippen LogP contribution in [0, 0.1) is 5.92 Å². The van der Waals surface area contributed by atoms with E-state index >= 15 is 0 Å². The molecule has 3 nitrogen and oxygen atoms in total. The molecule has 0 saturated carbocycles. The Morgan fingerprint density at radius 3 is 2.48 bits per heavy atom. The zero-order valence-corrected chi connectivity index (χ0v) is 16.0. The summed E-state index contributed by atoms with van der Waals surface area (Å²) in [5.74, 6) is 0.733. The van der Waals surface area contributed by atoms with E-state index in [1.807, 2.05) is 17.0 Å². The molecule has 0 aromatic heterocycles. The number of nitrogens with one attached hydrogen (secondary N) is 1. The Morgan fingerprint density at radius 1 is 1.26 bits per heavy atom. The first-order valence-corrected chi connectivity index (χ1v) is 8.67. The fourth-order valence-electron chi connectivity index (χ4n) is 2.84. The Hall–Kier alpha value is -0.480. The van der Waals surface area contributed by atoms with E-state index in [0.717, 1.165) is 31.5 Å². The normalized spacial score (nSPS) is 15.3. The third-order valence-electron chi connectivity index (χ3n) is 4.20. The van der Waals surface area contributed by atoms with Gasteiger partial charge in [-0.15, -0.1) is 12.4 Å². The second-order valence-electron chi connectivity index (χ2n) is 6.26. The molecule has 1 aliphatic rings. The van der Waals surface area contributed by atoms with Gasteiger partial charge in [0.2, 0.25) is 5.91 Å². The Morgan fingerprint density at radius 2 is 1.91 bits per heavy atom. The van der Waals surface area contributed by atoms with Crippen LogP contribution in [-0.4, -0.2) is 29.9 Å². The standard InChI is InChI=1S/C17H24Cl2N2O.ClH/c1-12(2)21(11-14-3-4-15(18)16(19)9-14)17(22)10-13-5-7-20-8-6-13;/h3-4,9,12-13,20H,5-8,10-11H2,1-2H3;1H. The van der Waals surface area contributed by atoms with E-state index in [1.54, 1.807) is 6.07 Å². The molecule has 1 aromatic rings. The molecule has 1 fully saturated rings. The van der Waals surface area contributed by atoms with Crippen LogP contribution >= 0.6 is 35.6 Å². The van der Waals surface area contributed by atoms with Crippen LogP contribution in [0.1, 0.15) is 38.7 Å². The molecule has 1 amide bonds. The summed E-state index contributed by atoms with van der Waals surface area (Å²) in [6.45, 7) is 6.73. The van der Waals surface area contributed by atoms with Crippen LogP contribution in [0.25, 0.3) is 0 Å². The predicted molar refractivity (Wildman–Crippen MR) is 99.6 cm³/mol. The minimum Gasteiger partial charge on any atom is -0.336 e. The molecule has 1 N–H and O–H groups in total. The molecule has 23 heavy (non-hydrogen) atoms. The lowest BCUT2D eigenvalue weighted by atomic mass is 9.94. The van der Waals surface area contributed by atoms with Crippen molar-refractivity contribution in [3.8, 4) is 0 Å². The molecule has 1 aliphatic heterocycles. The summed E-state index contributed by atoms with van der Waals surface area (Å²) in [7, 11) is 0. The Kier molecular flexibility index (Phi) is 8.70. The first kappa shape index (κ1) is 20.6. The second-order valence-corrected chi connectivity index (χ2v) is 7.08. The van der Waals surface area contributed by atoms with Crippen LogP contribution in [-0.2, 0) is 11.3 Å². The van der Waals surface area contributed by atoms with Gasteiger partial charge in [0, 0.05) is 19.0 Å². The summed E-state index contributed by atoms with van der Waals surface area (Å²) in [4.78, 5) is 14.6. The number of benzene rings is 1. The molecule has 130 valence electrons. The third-order valence-corrected chi connectivity index (χ3v) is 4.94. The quantitative estimate of drug-likeness (QED) is 0.814. The lowest BCUT2D eigenvalue weighted by molar-refractivity contribution is -0.134. The Bertz CT molecular complexity index is 517. The topological polar surface area (TPSA) is 32.3 Å². The van der Waals surface area contributed by atoms with E-state index in [-0.39, 0.29) is 24.4 Å². The molecule has 0 aliphatic carbocycles. The van der Waals surface area contributed by atoms with Crippen molar-refractivity contribution in [1.29, 1.82) is 0 Å². The number of amides is 1. The van der Waals surface area contributed by atoms with E-state index in [1.165, 1.54) is 0 Å². The highest BCUT2D eigenvalue weighted by Crippen LogP contribution is 2.24. The van der Waals surface area contributed by atoms with E-state index in [9.17, 15) is 4.79 Å². The van der Waals surface area contributed by atoms with Gasteiger partial charge in [0.15, 0.2) is 0 Å². The van der Waals surface area contributed by atoms with Crippen molar-refractivity contribution in [2.75, 3.05) is 13.1 Å². The van der Waals surface area contributed by atoms with Crippen molar-refractivity contribution >= 4 is 41.5 Å². The molecule has 1 aromatic carbocycles. The summed E-state index contributed by atoms with van der Waals surface area (Å²) in [5, 5.41) is 4.42. The zero-order valence-electron chi connectivity index (χ0n) is 13.6. The average Bonchev–Trinajstić information content (AvgIpc) is 2.49. The molecule has 0 spiro atoms. The van der Waals surface area contributed by atoms with Crippen LogP contribution in [0.3, 0.4) is 0 Å². The van der Waals surface area contributed by atoms with Gasteiger partial charge in [-0.05, 0) is 63.4 Å². The second kappa shape index (κ2) is 9.73. The molecule has 0 atom stereocenters. The molecule has 6 heteroatoms. The minimum absolute atomic E-state index is 0. The number of hydrogen-bond acceptors (Lipinski definition) is 2. The van der Waals surface area contributed by atoms with Gasteiger partial charge in [-0.3, -0.25) is 4.79 Å². The van der Waals surface area contributed by atoms with Crippen molar-refractivity contribution in [2.45, 2.75) is 45.7 Å². The van der Waals surface area contributed by atoms with Crippen LogP contribution < -0.4 is 5.32 Å². The average molecular weight is 380 g/mol. The Balaban J connectivity index is 0.00000264. The van der Waals surface area contributed by atoms with Gasteiger partial charge in [0.1, 0.15) is 0 Å². The fourth-order valence-corrected chi connectivity index (χ4v) is 3.16. The molecule has 1 saturated heterocycles. The number of carbonyl (C=O) groups excluding carboxylic acids is 1. The maximum Gasteiger partial charge on any atom is 0.223 e. The largest absolute Gasteiger partial charge is 0.336 e. The molecule has 0 radical (unpaired) electrons. The van der Waals surface area contributed by atoms with Crippen molar-refractivity contribution in [3.05, 3.63) is 33.8 Å². The summed E-state index contributed by atoms with van der Waals surface area (Å²) in [6.07, 6.45) is 2.82. The van der Waals surface area contributed by atoms with Crippen LogP contribution in [0.2, 0.25) is 10.0 Å². The zero-order chi connectivity index (χ0) is 16.1. The summed E-state index contributed by atoms with van der Waals surface area (Å²) in [6, 6.07) is 5.73. The number of halogens is 3. The van der Waals surface area contributed by atoms with Gasteiger partial charge in [0.05, 0.1) is 10.0 Å². The van der Waals surface area contributed by atoms with Gasteiger partial charge in [-0.25, -0.2) is 0 Å². The van der Waals surface area contributed by atoms with Crippen LogP contribution in [0.4, 0.5) is 0 Å². The third kappa shape index (κ3) is 6.15. The summed E-state index contributed by atoms with van der Waals surface area (Å²) >= 11 is 12.0. The van der Waals surface area contributed by atoms with Crippen molar-refractivity contribution < 1.29 is 4.79 Å². The highest BCUT2D eigenvalue weighted by molar-refractivity contribution is 6.42. The molecule has 0 unspecified atom stereocenters. The molecular formula is C17H25Cl3N2O. The molecule has 1 heterocycles. The molecular weight excluding hydrogens is 355 g/mol. The SMILES string of the molecule is CC(C)N(Cc1ccc(Cl)c(Cl)c1)C(=O)CC1CCNCC1.Cl. The molecule has 2 rings (SSSR count). The van der Waals surface area contributed by atoms with Crippen molar-refractivity contribution in [1.82, 2.24) is 10.2 Å². The minimum atomic E-state index is 0. The van der Waals surface area contributed by atoms with Crippen LogP contribution in [0.5, 0.6) is 0 Å². The monoisotopic (exact) mass is 378 g/mol. The van der Waals surface area contributed by atoms with Gasteiger partial charge >= 0.3 is 0 Å². The summed E-state index contributed by atoms with van der Waals surface area (Å²) in [5.41, 5.74) is 1.02. The maximum atomic E-state index is 12.7. The Labute approximate surface area is 155 Å². The summed E-state index contributed by atoms with van der Waals surface area (Å²) < 4.78 is 0. The van der Waals surface area contributed by atoms with E-state index in [0.29, 0.717) is 28.9 Å². The highest BCUT2D eigenvalue weighted by atomic mass is 35.5. The fraction of sp³-hybridized carbons (Fsp3) is 0.588. The lowest BCUT2D eigenvalue weighted by Crippen LogP contribution is -2.38. The number of piperidine rings is 1. The van der Waals surface area contributed by atoms with Gasteiger partial charge in [-0.1, -0.05) is 29.3 Å². The predicted octanol–water partition coefficient (Wildman–Crippen LogP) is 4.54. The first-order valence-electron chi connectivity index (χ1n) is 7.91. The highest BCUT2D eigenvalue weighted by Gasteiger charge is 2.23. The van der Waals surface area contributed by atoms with Crippen LogP contribution in [0.15, 0.2) is 18.2 Å². The first-order chi connectivity index (χ1) is 10.5. The van der Waals surface area contributed by atoms with E-state index in [2.05, 4.69) is 19.2 Å². The number of nitrogens with zero attached hydrogens (tertiary/aromatic N) is 1. The smallest absolute Gasteiger partial charge is 0.223 e. The van der Waals surface area contributed by atoms with E-state index in [4.69, 9.17) is 23.2 Å². The van der Waals surface area contributed by atoms with Gasteiger partial charge in [-0.2, -0.15) is 0 Å². The number of rotatable bonds is 5.